The van der Waals surface area contributed by atoms with Crippen molar-refractivity contribution in [3.8, 4) is 0 Å². The number of aliphatic hydroxyl groups excluding tert-OH is 1. The van der Waals surface area contributed by atoms with Crippen LogP contribution in [0.4, 0.5) is 11.4 Å². The van der Waals surface area contributed by atoms with E-state index in [0.29, 0.717) is 23.8 Å². The van der Waals surface area contributed by atoms with E-state index in [1.165, 1.54) is 12.1 Å². The van der Waals surface area contributed by atoms with Crippen LogP contribution in [0.2, 0.25) is 0 Å². The van der Waals surface area contributed by atoms with Crippen LogP contribution in [0.3, 0.4) is 0 Å². The van der Waals surface area contributed by atoms with Crippen LogP contribution in [0.1, 0.15) is 12.8 Å². The zero-order valence-corrected chi connectivity index (χ0v) is 11.1. The average molecular weight is 270 g/mol. The molecule has 5 nitrogen and oxygen atoms in total. The minimum Gasteiger partial charge on any atom is -0.397 e. The molecule has 1 atom stereocenters. The molecule has 0 bridgehead atoms. The molecule has 2 rings (SSSR count). The van der Waals surface area contributed by atoms with Crippen molar-refractivity contribution in [1.29, 1.82) is 0 Å². The number of hydrogen-bond acceptors (Lipinski definition) is 5. The normalized spacial score (nSPS) is 17.4. The lowest BCUT2D eigenvalue weighted by Gasteiger charge is -2.14. The van der Waals surface area contributed by atoms with Gasteiger partial charge in [-0.1, -0.05) is 0 Å². The van der Waals surface area contributed by atoms with E-state index in [1.54, 1.807) is 6.07 Å². The van der Waals surface area contributed by atoms with E-state index in [9.17, 15) is 13.5 Å². The Morgan fingerprint density at radius 1 is 1.50 bits per heavy atom. The number of hydrogen-bond donors (Lipinski definition) is 3. The van der Waals surface area contributed by atoms with Crippen LogP contribution in [0.5, 0.6) is 0 Å². The molecule has 0 radical (unpaired) electrons. The fraction of sp³-hybridized carbons (Fsp3) is 0.500. The van der Waals surface area contributed by atoms with E-state index in [4.69, 9.17) is 5.73 Å². The van der Waals surface area contributed by atoms with Crippen LogP contribution in [0.25, 0.3) is 0 Å². The first kappa shape index (κ1) is 13.2. The number of rotatable bonds is 5. The third kappa shape index (κ3) is 3.14. The Labute approximate surface area is 107 Å². The van der Waals surface area contributed by atoms with Gasteiger partial charge in [0, 0.05) is 12.8 Å². The van der Waals surface area contributed by atoms with Crippen molar-refractivity contribution in [1.82, 2.24) is 0 Å². The Kier molecular flexibility index (Phi) is 3.49. The molecule has 0 aromatic heterocycles. The lowest BCUT2D eigenvalue weighted by Crippen LogP contribution is -2.21. The number of sulfone groups is 1. The number of anilines is 2. The molecular formula is C12H18N2O3S. The molecule has 0 saturated heterocycles. The Morgan fingerprint density at radius 2 is 2.17 bits per heavy atom. The van der Waals surface area contributed by atoms with E-state index >= 15 is 0 Å². The minimum absolute atomic E-state index is 0.202. The molecule has 1 aromatic rings. The number of nitrogen functional groups attached to an aromatic ring is 1. The predicted molar refractivity (Wildman–Crippen MR) is 71.2 cm³/mol. The highest BCUT2D eigenvalue weighted by Gasteiger charge is 2.29. The van der Waals surface area contributed by atoms with Gasteiger partial charge in [0.05, 0.1) is 22.4 Å². The summed E-state index contributed by atoms with van der Waals surface area (Å²) in [6.45, 7) is 0.438. The number of benzene rings is 1. The Morgan fingerprint density at radius 3 is 2.67 bits per heavy atom. The molecule has 18 heavy (non-hydrogen) atoms. The number of nitrogens with one attached hydrogen (secondary N) is 1. The summed E-state index contributed by atoms with van der Waals surface area (Å²) < 4.78 is 22.7. The van der Waals surface area contributed by atoms with Gasteiger partial charge in [-0.15, -0.1) is 0 Å². The average Bonchev–Trinajstić information content (AvgIpc) is 3.09. The van der Waals surface area contributed by atoms with Gasteiger partial charge >= 0.3 is 0 Å². The summed E-state index contributed by atoms with van der Waals surface area (Å²) in [6.07, 6.45) is 2.93. The van der Waals surface area contributed by atoms with Crippen LogP contribution in [-0.2, 0) is 9.84 Å². The van der Waals surface area contributed by atoms with Crippen molar-refractivity contribution < 1.29 is 13.5 Å². The third-order valence-electron chi connectivity index (χ3n) is 3.12. The highest BCUT2D eigenvalue weighted by atomic mass is 32.2. The third-order valence-corrected chi connectivity index (χ3v) is 4.23. The highest BCUT2D eigenvalue weighted by molar-refractivity contribution is 7.90. The number of nitrogens with two attached hydrogens (primary N) is 1. The van der Waals surface area contributed by atoms with Crippen LogP contribution in [0.15, 0.2) is 23.1 Å². The maximum atomic E-state index is 11.3. The minimum atomic E-state index is -3.23. The summed E-state index contributed by atoms with van der Waals surface area (Å²) in [7, 11) is -3.23. The maximum Gasteiger partial charge on any atom is 0.175 e. The van der Waals surface area contributed by atoms with E-state index < -0.39 is 9.84 Å². The van der Waals surface area contributed by atoms with Gasteiger partial charge < -0.3 is 16.2 Å². The Hall–Kier alpha value is -1.27. The van der Waals surface area contributed by atoms with E-state index in [0.717, 1.165) is 19.1 Å². The van der Waals surface area contributed by atoms with E-state index in [2.05, 4.69) is 5.32 Å². The fourth-order valence-electron chi connectivity index (χ4n) is 1.79. The summed E-state index contributed by atoms with van der Waals surface area (Å²) in [5.74, 6) is 0.397. The van der Waals surface area contributed by atoms with E-state index in [1.807, 2.05) is 0 Å². The second kappa shape index (κ2) is 4.78. The van der Waals surface area contributed by atoms with Crippen molar-refractivity contribution in [3.05, 3.63) is 18.2 Å². The van der Waals surface area contributed by atoms with Gasteiger partial charge in [0.1, 0.15) is 0 Å². The molecule has 1 aromatic carbocycles. The Bertz CT molecular complexity index is 538. The molecule has 6 heteroatoms. The molecular weight excluding hydrogens is 252 g/mol. The molecule has 1 unspecified atom stereocenters. The van der Waals surface area contributed by atoms with Gasteiger partial charge in [-0.2, -0.15) is 0 Å². The SMILES string of the molecule is CS(=O)(=O)c1ccc(NCC(O)C2CC2)c(N)c1. The molecule has 0 spiro atoms. The monoisotopic (exact) mass is 270 g/mol. The van der Waals surface area contributed by atoms with Crippen molar-refractivity contribution in [3.63, 3.8) is 0 Å². The van der Waals surface area contributed by atoms with Crippen LogP contribution in [-0.4, -0.2) is 32.4 Å². The van der Waals surface area contributed by atoms with Gasteiger partial charge in [-0.3, -0.25) is 0 Å². The molecule has 0 aliphatic heterocycles. The predicted octanol–water partition coefficient (Wildman–Crippen LogP) is 0.855. The smallest absolute Gasteiger partial charge is 0.175 e. The zero-order valence-electron chi connectivity index (χ0n) is 10.3. The van der Waals surface area contributed by atoms with Gasteiger partial charge in [0.15, 0.2) is 9.84 Å². The lowest BCUT2D eigenvalue weighted by molar-refractivity contribution is 0.164. The van der Waals surface area contributed by atoms with Gasteiger partial charge in [-0.25, -0.2) is 8.42 Å². The quantitative estimate of drug-likeness (QED) is 0.690. The number of aliphatic hydroxyl groups is 1. The zero-order chi connectivity index (χ0) is 13.3. The first-order valence-corrected chi connectivity index (χ1v) is 7.78. The summed E-state index contributed by atoms with van der Waals surface area (Å²) in [5, 5.41) is 12.8. The van der Waals surface area contributed by atoms with Crippen LogP contribution in [0, 0.1) is 5.92 Å². The Balaban J connectivity index is 2.05. The van der Waals surface area contributed by atoms with Gasteiger partial charge in [0.2, 0.25) is 0 Å². The maximum absolute atomic E-state index is 11.3. The second-order valence-electron chi connectivity index (χ2n) is 4.81. The van der Waals surface area contributed by atoms with Crippen molar-refractivity contribution in [2.45, 2.75) is 23.8 Å². The van der Waals surface area contributed by atoms with Crippen LogP contribution < -0.4 is 11.1 Å². The molecule has 100 valence electrons. The highest BCUT2D eigenvalue weighted by Crippen LogP contribution is 2.33. The summed E-state index contributed by atoms with van der Waals surface area (Å²) in [5.41, 5.74) is 6.82. The first-order chi connectivity index (χ1) is 8.38. The second-order valence-corrected chi connectivity index (χ2v) is 6.82. The van der Waals surface area contributed by atoms with E-state index in [-0.39, 0.29) is 11.0 Å². The molecule has 1 fully saturated rings. The molecule has 1 aliphatic carbocycles. The van der Waals surface area contributed by atoms with Gasteiger partial charge in [0.25, 0.3) is 0 Å². The molecule has 4 N–H and O–H groups in total. The molecule has 1 aliphatic rings. The summed E-state index contributed by atoms with van der Waals surface area (Å²) in [4.78, 5) is 0.202. The topological polar surface area (TPSA) is 92.4 Å². The molecule has 0 heterocycles. The largest absolute Gasteiger partial charge is 0.397 e. The molecule has 0 amide bonds. The lowest BCUT2D eigenvalue weighted by atomic mass is 10.2. The molecule has 1 saturated carbocycles. The van der Waals surface area contributed by atoms with Crippen LogP contribution >= 0.6 is 0 Å². The van der Waals surface area contributed by atoms with Crippen molar-refractivity contribution in [2.24, 2.45) is 5.92 Å². The summed E-state index contributed by atoms with van der Waals surface area (Å²) >= 11 is 0. The standard InChI is InChI=1S/C12H18N2O3S/c1-18(16,17)9-4-5-11(10(13)6-9)14-7-12(15)8-2-3-8/h4-6,8,12,14-15H,2-3,7,13H2,1H3. The fourth-order valence-corrected chi connectivity index (χ4v) is 2.45. The first-order valence-electron chi connectivity index (χ1n) is 5.89. The van der Waals surface area contributed by atoms with Gasteiger partial charge in [-0.05, 0) is 37.0 Å². The van der Waals surface area contributed by atoms with Crippen molar-refractivity contribution >= 4 is 21.2 Å². The van der Waals surface area contributed by atoms with Crippen molar-refractivity contribution in [2.75, 3.05) is 23.9 Å². The summed E-state index contributed by atoms with van der Waals surface area (Å²) in [6, 6.07) is 4.57.